The minimum Gasteiger partial charge on any atom is -0.264 e. The number of aryl methyl sites for hydroxylation is 2. The van der Waals surface area contributed by atoms with E-state index in [1.54, 1.807) is 11.1 Å². The van der Waals surface area contributed by atoms with Gasteiger partial charge in [-0.1, -0.05) is 66.2 Å². The van der Waals surface area contributed by atoms with E-state index in [1.165, 1.54) is 58.0 Å². The second kappa shape index (κ2) is 9.04. The summed E-state index contributed by atoms with van der Waals surface area (Å²) in [6.07, 6.45) is 8.81. The van der Waals surface area contributed by atoms with Crippen LogP contribution in [0.25, 0.3) is 32.3 Å². The molecule has 3 heteroatoms. The molecule has 0 bridgehead atoms. The van der Waals surface area contributed by atoms with Gasteiger partial charge in [-0.05, 0) is 87.3 Å². The third-order valence-corrected chi connectivity index (χ3v) is 6.10. The molecule has 1 nitrogen and oxygen atoms in total. The molecule has 0 radical (unpaired) electrons. The quantitative estimate of drug-likeness (QED) is 0.225. The summed E-state index contributed by atoms with van der Waals surface area (Å²) in [5.41, 5.74) is 3.12. The Bertz CT molecular complexity index is 1260. The molecule has 1 heterocycles. The Morgan fingerprint density at radius 2 is 1.43 bits per heavy atom. The van der Waals surface area contributed by atoms with E-state index >= 15 is 0 Å². The zero-order valence-electron chi connectivity index (χ0n) is 16.6. The molecule has 6 rings (SSSR count). The lowest BCUT2D eigenvalue weighted by Crippen LogP contribution is -2.03. The van der Waals surface area contributed by atoms with Crippen molar-refractivity contribution < 1.29 is 0 Å². The van der Waals surface area contributed by atoms with Crippen molar-refractivity contribution in [3.63, 3.8) is 0 Å². The summed E-state index contributed by atoms with van der Waals surface area (Å²) in [5, 5.41) is 8.61. The van der Waals surface area contributed by atoms with E-state index in [1.807, 2.05) is 36.7 Å². The molecule has 0 saturated carbocycles. The fourth-order valence-corrected chi connectivity index (χ4v) is 4.58. The molecule has 30 heavy (non-hydrogen) atoms. The van der Waals surface area contributed by atoms with Gasteiger partial charge in [0, 0.05) is 17.4 Å². The average molecular weight is 432 g/mol. The Balaban J connectivity index is 0.000000168. The van der Waals surface area contributed by atoms with Crippen molar-refractivity contribution in [3.8, 4) is 0 Å². The first kappa shape index (κ1) is 20.7. The molecule has 5 aromatic rings. The standard InChI is InChI=1S/C18H15Cl.C9H7N.ClH/c19-14-7-10-16-13(11-14)6-9-17-15-4-2-1-3-12(15)5-8-18(16)17;1-2-4-9-7-10-6-5-8(9)3-1;/h5-11H,1-4H2;1-7H;1H. The molecule has 0 aliphatic heterocycles. The number of nitrogens with zero attached hydrogens (tertiary/aromatic N) is 1. The highest BCUT2D eigenvalue weighted by Crippen LogP contribution is 2.34. The molecule has 1 aromatic heterocycles. The summed E-state index contributed by atoms with van der Waals surface area (Å²) in [5.74, 6) is 0. The zero-order valence-corrected chi connectivity index (χ0v) is 18.2. The summed E-state index contributed by atoms with van der Waals surface area (Å²) in [6.45, 7) is 0. The van der Waals surface area contributed by atoms with E-state index in [9.17, 15) is 0 Å². The van der Waals surface area contributed by atoms with Crippen molar-refractivity contribution in [2.45, 2.75) is 25.7 Å². The molecular weight excluding hydrogens is 409 g/mol. The number of fused-ring (bicyclic) bond motifs is 6. The van der Waals surface area contributed by atoms with Gasteiger partial charge in [-0.25, -0.2) is 0 Å². The highest BCUT2D eigenvalue weighted by molar-refractivity contribution is 6.31. The lowest BCUT2D eigenvalue weighted by Gasteiger charge is -2.18. The summed E-state index contributed by atoms with van der Waals surface area (Å²) < 4.78 is 0. The molecule has 0 atom stereocenters. The van der Waals surface area contributed by atoms with Crippen molar-refractivity contribution in [1.29, 1.82) is 0 Å². The second-order valence-electron chi connectivity index (χ2n) is 7.66. The molecule has 0 amide bonds. The Morgan fingerprint density at radius 3 is 2.30 bits per heavy atom. The summed E-state index contributed by atoms with van der Waals surface area (Å²) in [7, 11) is 0. The molecular formula is C27H23Cl2N. The van der Waals surface area contributed by atoms with Gasteiger partial charge in [-0.2, -0.15) is 0 Å². The smallest absolute Gasteiger partial charge is 0.0412 e. The van der Waals surface area contributed by atoms with Gasteiger partial charge < -0.3 is 0 Å². The van der Waals surface area contributed by atoms with Crippen LogP contribution in [0.1, 0.15) is 24.0 Å². The van der Waals surface area contributed by atoms with E-state index in [4.69, 9.17) is 11.6 Å². The predicted molar refractivity (Wildman–Crippen MR) is 132 cm³/mol. The lowest BCUT2D eigenvalue weighted by molar-refractivity contribution is 0.690. The van der Waals surface area contributed by atoms with Crippen LogP contribution >= 0.6 is 24.0 Å². The number of pyridine rings is 1. The Morgan fingerprint density at radius 1 is 0.667 bits per heavy atom. The monoisotopic (exact) mass is 431 g/mol. The van der Waals surface area contributed by atoms with Crippen LogP contribution in [-0.4, -0.2) is 4.98 Å². The maximum absolute atomic E-state index is 6.09. The third kappa shape index (κ3) is 4.01. The van der Waals surface area contributed by atoms with Gasteiger partial charge in [0.2, 0.25) is 0 Å². The fourth-order valence-electron chi connectivity index (χ4n) is 4.40. The van der Waals surface area contributed by atoms with Crippen molar-refractivity contribution in [2.75, 3.05) is 0 Å². The molecule has 0 spiro atoms. The number of aromatic nitrogens is 1. The van der Waals surface area contributed by atoms with Crippen LogP contribution in [0, 0.1) is 0 Å². The maximum Gasteiger partial charge on any atom is 0.0412 e. The van der Waals surface area contributed by atoms with Gasteiger partial charge in [-0.15, -0.1) is 12.4 Å². The topological polar surface area (TPSA) is 12.9 Å². The summed E-state index contributed by atoms with van der Waals surface area (Å²) in [4.78, 5) is 4.01. The summed E-state index contributed by atoms with van der Waals surface area (Å²) >= 11 is 6.09. The van der Waals surface area contributed by atoms with Crippen molar-refractivity contribution in [2.24, 2.45) is 0 Å². The third-order valence-electron chi connectivity index (χ3n) is 5.86. The van der Waals surface area contributed by atoms with E-state index < -0.39 is 0 Å². The number of hydrogen-bond acceptors (Lipinski definition) is 1. The molecule has 4 aromatic carbocycles. The fraction of sp³-hybridized carbons (Fsp3) is 0.148. The molecule has 1 aliphatic carbocycles. The normalized spacial score (nSPS) is 12.7. The number of hydrogen-bond donors (Lipinski definition) is 0. The van der Waals surface area contributed by atoms with Crippen LogP contribution in [0.3, 0.4) is 0 Å². The lowest BCUT2D eigenvalue weighted by atomic mass is 9.86. The Labute approximate surface area is 188 Å². The van der Waals surface area contributed by atoms with Crippen LogP contribution in [0.5, 0.6) is 0 Å². The largest absolute Gasteiger partial charge is 0.264 e. The second-order valence-corrected chi connectivity index (χ2v) is 8.10. The molecule has 0 N–H and O–H groups in total. The van der Waals surface area contributed by atoms with Crippen LogP contribution in [0.2, 0.25) is 5.02 Å². The average Bonchev–Trinajstić information content (AvgIpc) is 2.79. The van der Waals surface area contributed by atoms with E-state index in [0.717, 1.165) is 5.02 Å². The van der Waals surface area contributed by atoms with Crippen LogP contribution in [0.15, 0.2) is 85.2 Å². The van der Waals surface area contributed by atoms with Gasteiger partial charge in [0.1, 0.15) is 0 Å². The van der Waals surface area contributed by atoms with Gasteiger partial charge >= 0.3 is 0 Å². The minimum atomic E-state index is 0. The van der Waals surface area contributed by atoms with Crippen LogP contribution in [-0.2, 0) is 12.8 Å². The SMILES string of the molecule is Cl.Clc1ccc2c(ccc3c4c(ccc32)CCCC4)c1.c1ccc2cnccc2c1. The first-order chi connectivity index (χ1) is 14.3. The predicted octanol–water partition coefficient (Wildman–Crippen LogP) is 8.18. The Hall–Kier alpha value is -2.61. The van der Waals surface area contributed by atoms with Crippen LogP contribution in [0.4, 0.5) is 0 Å². The molecule has 0 unspecified atom stereocenters. The van der Waals surface area contributed by atoms with E-state index in [0.29, 0.717) is 0 Å². The highest BCUT2D eigenvalue weighted by atomic mass is 35.5. The number of halogens is 2. The van der Waals surface area contributed by atoms with Gasteiger partial charge in [0.25, 0.3) is 0 Å². The first-order valence-electron chi connectivity index (χ1n) is 10.2. The van der Waals surface area contributed by atoms with Crippen LogP contribution < -0.4 is 0 Å². The number of benzene rings is 4. The first-order valence-corrected chi connectivity index (χ1v) is 10.6. The van der Waals surface area contributed by atoms with Gasteiger partial charge in [-0.3, -0.25) is 4.98 Å². The number of rotatable bonds is 0. The van der Waals surface area contributed by atoms with Gasteiger partial charge in [0.15, 0.2) is 0 Å². The van der Waals surface area contributed by atoms with Crippen molar-refractivity contribution in [3.05, 3.63) is 101 Å². The van der Waals surface area contributed by atoms with E-state index in [2.05, 4.69) is 53.5 Å². The zero-order chi connectivity index (χ0) is 19.6. The maximum atomic E-state index is 6.09. The summed E-state index contributed by atoms with van der Waals surface area (Å²) in [6, 6.07) is 25.5. The van der Waals surface area contributed by atoms with Crippen molar-refractivity contribution >= 4 is 56.3 Å². The molecule has 0 fully saturated rings. The molecule has 150 valence electrons. The van der Waals surface area contributed by atoms with E-state index in [-0.39, 0.29) is 12.4 Å². The Kier molecular flexibility index (Phi) is 6.22. The van der Waals surface area contributed by atoms with Crippen molar-refractivity contribution in [1.82, 2.24) is 4.98 Å². The minimum absolute atomic E-state index is 0. The highest BCUT2D eigenvalue weighted by Gasteiger charge is 2.13. The molecule has 0 saturated heterocycles. The molecule has 1 aliphatic rings. The van der Waals surface area contributed by atoms with Gasteiger partial charge in [0.05, 0.1) is 0 Å².